The molecule has 10 heteroatoms. The minimum atomic E-state index is -1.73. The van der Waals surface area contributed by atoms with Crippen molar-refractivity contribution in [3.05, 3.63) is 47.5 Å². The molecule has 0 spiro atoms. The van der Waals surface area contributed by atoms with Crippen molar-refractivity contribution in [2.45, 2.75) is 43.2 Å². The van der Waals surface area contributed by atoms with Crippen LogP contribution in [0, 0.1) is 0 Å². The lowest BCUT2D eigenvalue weighted by Gasteiger charge is -2.39. The second-order valence-electron chi connectivity index (χ2n) is 7.40. The molecule has 0 unspecified atom stereocenters. The van der Waals surface area contributed by atoms with Crippen LogP contribution in [0.15, 0.2) is 36.4 Å². The second-order valence-corrected chi connectivity index (χ2v) is 7.40. The molecule has 6 N–H and O–H groups in total. The predicted molar refractivity (Wildman–Crippen MR) is 103 cm³/mol. The number of carbonyl (C=O) groups excluding carboxylic acids is 1. The fourth-order valence-electron chi connectivity index (χ4n) is 3.67. The van der Waals surface area contributed by atoms with Crippen LogP contribution in [0.25, 0.3) is 0 Å². The van der Waals surface area contributed by atoms with Gasteiger partial charge in [-0.3, -0.25) is 4.79 Å². The van der Waals surface area contributed by atoms with Gasteiger partial charge in [0.25, 0.3) is 0 Å². The van der Waals surface area contributed by atoms with E-state index < -0.39 is 60.7 Å². The molecule has 2 aromatic rings. The third-order valence-corrected chi connectivity index (χ3v) is 5.38. The third kappa shape index (κ3) is 3.80. The quantitative estimate of drug-likeness (QED) is 0.360. The highest BCUT2D eigenvalue weighted by Crippen LogP contribution is 2.48. The summed E-state index contributed by atoms with van der Waals surface area (Å²) in [6.07, 6.45) is -8.49. The molecule has 0 amide bonds. The molecule has 0 aliphatic carbocycles. The number of phenols is 2. The standard InChI is InChI=1S/C21H22O10/c22-8-14-17(25)19(27)20(28)21(31-14)30-13-7-12-15(18(26)16(13)24)10(23)6-11(29-12)9-4-2-1-3-5-9/h1-5,7,11,14,17,19-22,24-28H,6,8H2/t11-,14+,17+,19-,20+,21+/m0/s1. The average molecular weight is 434 g/mol. The van der Waals surface area contributed by atoms with Gasteiger partial charge < -0.3 is 44.8 Å². The number of carbonyl (C=O) groups is 1. The van der Waals surface area contributed by atoms with Crippen LogP contribution >= 0.6 is 0 Å². The van der Waals surface area contributed by atoms with Crippen molar-refractivity contribution in [2.24, 2.45) is 0 Å². The summed E-state index contributed by atoms with van der Waals surface area (Å²) in [6.45, 7) is -0.664. The smallest absolute Gasteiger partial charge is 0.229 e. The van der Waals surface area contributed by atoms with Gasteiger partial charge in [-0.25, -0.2) is 0 Å². The Bertz CT molecular complexity index is 960. The number of aromatic hydroxyl groups is 2. The molecule has 6 atom stereocenters. The number of Topliss-reactive ketones (excluding diaryl/α,β-unsaturated/α-hetero) is 1. The van der Waals surface area contributed by atoms with Crippen LogP contribution in [0.3, 0.4) is 0 Å². The zero-order valence-corrected chi connectivity index (χ0v) is 16.2. The van der Waals surface area contributed by atoms with E-state index in [-0.39, 0.29) is 23.5 Å². The number of ether oxygens (including phenoxy) is 3. The molecule has 1 fully saturated rings. The highest BCUT2D eigenvalue weighted by atomic mass is 16.7. The molecule has 2 heterocycles. The lowest BCUT2D eigenvalue weighted by Crippen LogP contribution is -2.60. The Balaban J connectivity index is 1.65. The molecule has 0 aromatic heterocycles. The normalized spacial score (nSPS) is 30.4. The van der Waals surface area contributed by atoms with Crippen molar-refractivity contribution in [1.82, 2.24) is 0 Å². The van der Waals surface area contributed by atoms with Gasteiger partial charge >= 0.3 is 0 Å². The summed E-state index contributed by atoms with van der Waals surface area (Å²) in [5, 5.41) is 59.9. The molecule has 31 heavy (non-hydrogen) atoms. The van der Waals surface area contributed by atoms with Crippen LogP contribution in [0.1, 0.15) is 28.4 Å². The first-order valence-electron chi connectivity index (χ1n) is 9.62. The largest absolute Gasteiger partial charge is 0.504 e. The molecule has 10 nitrogen and oxygen atoms in total. The summed E-state index contributed by atoms with van der Waals surface area (Å²) in [6, 6.07) is 10.1. The molecule has 0 radical (unpaired) electrons. The van der Waals surface area contributed by atoms with Crippen molar-refractivity contribution < 1.29 is 49.6 Å². The van der Waals surface area contributed by atoms with E-state index in [9.17, 15) is 35.4 Å². The van der Waals surface area contributed by atoms with Crippen molar-refractivity contribution in [3.8, 4) is 23.0 Å². The van der Waals surface area contributed by atoms with Gasteiger partial charge in [-0.1, -0.05) is 30.3 Å². The van der Waals surface area contributed by atoms with E-state index in [1.165, 1.54) is 6.07 Å². The van der Waals surface area contributed by atoms with Crippen LogP contribution in [0.5, 0.6) is 23.0 Å². The predicted octanol–water partition coefficient (Wildman–Crippen LogP) is -0.0170. The first-order valence-corrected chi connectivity index (χ1v) is 9.62. The number of hydrogen-bond donors (Lipinski definition) is 6. The van der Waals surface area contributed by atoms with Gasteiger partial charge in [-0.05, 0) is 5.56 Å². The summed E-state index contributed by atoms with van der Waals surface area (Å²) < 4.78 is 16.5. The maximum atomic E-state index is 12.6. The maximum absolute atomic E-state index is 12.6. The second kappa shape index (κ2) is 8.33. The first kappa shape index (κ1) is 21.3. The number of benzene rings is 2. The summed E-state index contributed by atoms with van der Waals surface area (Å²) >= 11 is 0. The molecular formula is C21H22O10. The molecule has 2 aliphatic rings. The number of hydrogen-bond acceptors (Lipinski definition) is 10. The van der Waals surface area contributed by atoms with Gasteiger partial charge in [0.1, 0.15) is 41.8 Å². The van der Waals surface area contributed by atoms with Crippen LogP contribution in [0.4, 0.5) is 0 Å². The van der Waals surface area contributed by atoms with Gasteiger partial charge in [0.2, 0.25) is 12.0 Å². The number of aliphatic hydroxyl groups is 4. The van der Waals surface area contributed by atoms with E-state index in [0.717, 1.165) is 5.56 Å². The molecule has 0 saturated carbocycles. The van der Waals surface area contributed by atoms with Crippen molar-refractivity contribution >= 4 is 5.78 Å². The topological polar surface area (TPSA) is 166 Å². The zero-order valence-electron chi connectivity index (χ0n) is 16.2. The number of rotatable bonds is 4. The van der Waals surface area contributed by atoms with E-state index in [1.54, 1.807) is 24.3 Å². The van der Waals surface area contributed by atoms with Gasteiger partial charge in [0.05, 0.1) is 13.0 Å². The molecular weight excluding hydrogens is 412 g/mol. The molecule has 4 rings (SSSR count). The van der Waals surface area contributed by atoms with Crippen LogP contribution < -0.4 is 9.47 Å². The van der Waals surface area contributed by atoms with E-state index in [2.05, 4.69) is 0 Å². The van der Waals surface area contributed by atoms with Crippen LogP contribution in [-0.2, 0) is 4.74 Å². The van der Waals surface area contributed by atoms with Crippen molar-refractivity contribution in [1.29, 1.82) is 0 Å². The van der Waals surface area contributed by atoms with Crippen LogP contribution in [0.2, 0.25) is 0 Å². The van der Waals surface area contributed by atoms with Gasteiger partial charge in [-0.2, -0.15) is 0 Å². The van der Waals surface area contributed by atoms with Gasteiger partial charge in [0, 0.05) is 6.07 Å². The molecule has 2 aliphatic heterocycles. The third-order valence-electron chi connectivity index (χ3n) is 5.38. The SMILES string of the molecule is O=C1C[C@@H](c2ccccc2)Oc2cc(O[C@@H]3O[C@H](CO)[C@@H](O)[C@H](O)[C@H]3O)c(O)c(O)c21. The number of ketones is 1. The zero-order chi connectivity index (χ0) is 22.3. The average Bonchev–Trinajstić information content (AvgIpc) is 2.77. The summed E-state index contributed by atoms with van der Waals surface area (Å²) in [4.78, 5) is 12.6. The fourth-order valence-corrected chi connectivity index (χ4v) is 3.67. The minimum Gasteiger partial charge on any atom is -0.504 e. The maximum Gasteiger partial charge on any atom is 0.229 e. The van der Waals surface area contributed by atoms with Crippen LogP contribution in [-0.4, -0.2) is 73.7 Å². The Hall–Kier alpha value is -2.89. The summed E-state index contributed by atoms with van der Waals surface area (Å²) in [7, 11) is 0. The van der Waals surface area contributed by atoms with Gasteiger partial charge in [0.15, 0.2) is 17.3 Å². The van der Waals surface area contributed by atoms with E-state index in [0.29, 0.717) is 0 Å². The van der Waals surface area contributed by atoms with Gasteiger partial charge in [-0.15, -0.1) is 0 Å². The molecule has 2 aromatic carbocycles. The Kier molecular flexibility index (Phi) is 5.73. The Morgan fingerprint density at radius 1 is 1.00 bits per heavy atom. The summed E-state index contributed by atoms with van der Waals surface area (Å²) in [5.74, 6) is -2.41. The summed E-state index contributed by atoms with van der Waals surface area (Å²) in [5.41, 5.74) is 0.538. The van der Waals surface area contributed by atoms with E-state index in [1.807, 2.05) is 6.07 Å². The Labute approximate surface area is 176 Å². The molecule has 166 valence electrons. The van der Waals surface area contributed by atoms with E-state index in [4.69, 9.17) is 14.2 Å². The lowest BCUT2D eigenvalue weighted by molar-refractivity contribution is -0.277. The number of aliphatic hydroxyl groups excluding tert-OH is 4. The highest BCUT2D eigenvalue weighted by molar-refractivity contribution is 6.03. The van der Waals surface area contributed by atoms with E-state index >= 15 is 0 Å². The highest BCUT2D eigenvalue weighted by Gasteiger charge is 2.45. The first-order chi connectivity index (χ1) is 14.8. The monoisotopic (exact) mass is 434 g/mol. The number of phenolic OH excluding ortho intramolecular Hbond substituents is 2. The number of fused-ring (bicyclic) bond motifs is 1. The lowest BCUT2D eigenvalue weighted by atomic mass is 9.95. The Morgan fingerprint density at radius 2 is 1.71 bits per heavy atom. The van der Waals surface area contributed by atoms with Crippen molar-refractivity contribution in [3.63, 3.8) is 0 Å². The minimum absolute atomic E-state index is 0.0417. The fraction of sp³-hybridized carbons (Fsp3) is 0.381. The molecule has 1 saturated heterocycles. The van der Waals surface area contributed by atoms with Crippen molar-refractivity contribution in [2.75, 3.05) is 6.61 Å². The Morgan fingerprint density at radius 3 is 2.39 bits per heavy atom. The molecule has 0 bridgehead atoms.